The van der Waals surface area contributed by atoms with Crippen molar-refractivity contribution in [3.8, 4) is 5.75 Å². The molecule has 0 bridgehead atoms. The Morgan fingerprint density at radius 1 is 0.816 bits per heavy atom. The number of benzene rings is 3. The van der Waals surface area contributed by atoms with Gasteiger partial charge < -0.3 is 9.64 Å². The highest BCUT2D eigenvalue weighted by atomic mass is 35.5. The van der Waals surface area contributed by atoms with Crippen LogP contribution in [-0.2, 0) is 20.0 Å². The molecule has 3 aromatic carbocycles. The zero-order valence-electron chi connectivity index (χ0n) is 20.3. The number of ether oxygens (including phenoxy) is 1. The summed E-state index contributed by atoms with van der Waals surface area (Å²) in [5.41, 5.74) is 0.439. The third-order valence-electron chi connectivity index (χ3n) is 5.95. The van der Waals surface area contributed by atoms with Gasteiger partial charge in [-0.2, -0.15) is 0 Å². The highest BCUT2D eigenvalue weighted by Gasteiger charge is 2.25. The summed E-state index contributed by atoms with van der Waals surface area (Å²) in [7, 11) is -6.69. The molecule has 1 saturated heterocycles. The molecule has 1 aliphatic heterocycles. The van der Waals surface area contributed by atoms with Crippen molar-refractivity contribution < 1.29 is 26.4 Å². The van der Waals surface area contributed by atoms with E-state index in [0.29, 0.717) is 18.1 Å². The van der Waals surface area contributed by atoms with E-state index in [0.717, 1.165) is 19.3 Å². The van der Waals surface area contributed by atoms with Gasteiger partial charge in [0, 0.05) is 23.8 Å². The standard InChI is InChI=1S/C25H25Cl2N3O6S2/c1-36-24-12-10-20(16-21(24)25(31)30-13-3-2-4-14-30)38(34,35)28-18-6-8-19(9-7-18)37(32,33)29-23-11-5-17(26)15-22(23)27/h5-12,15-16,28-29H,2-4,13-14H2,1H3. The number of rotatable bonds is 8. The zero-order valence-corrected chi connectivity index (χ0v) is 23.4. The Labute approximate surface area is 231 Å². The molecule has 0 atom stereocenters. The number of hydrogen-bond donors (Lipinski definition) is 2. The number of nitrogens with zero attached hydrogens (tertiary/aromatic N) is 1. The molecule has 38 heavy (non-hydrogen) atoms. The summed E-state index contributed by atoms with van der Waals surface area (Å²) in [6.07, 6.45) is 2.83. The van der Waals surface area contributed by atoms with Gasteiger partial charge in [-0.1, -0.05) is 23.2 Å². The van der Waals surface area contributed by atoms with Crippen molar-refractivity contribution in [1.82, 2.24) is 4.90 Å². The summed E-state index contributed by atoms with van der Waals surface area (Å²) in [6.45, 7) is 1.21. The van der Waals surface area contributed by atoms with Crippen molar-refractivity contribution in [3.63, 3.8) is 0 Å². The summed E-state index contributed by atoms with van der Waals surface area (Å²) in [4.78, 5) is 14.5. The van der Waals surface area contributed by atoms with Gasteiger partial charge in [0.1, 0.15) is 5.75 Å². The fraction of sp³-hybridized carbons (Fsp3) is 0.240. The van der Waals surface area contributed by atoms with E-state index in [2.05, 4.69) is 9.44 Å². The minimum Gasteiger partial charge on any atom is -0.496 e. The second-order valence-corrected chi connectivity index (χ2v) is 12.8. The summed E-state index contributed by atoms with van der Waals surface area (Å²) in [5, 5.41) is 0.484. The van der Waals surface area contributed by atoms with Crippen LogP contribution in [0.1, 0.15) is 29.6 Å². The average molecular weight is 599 g/mol. The molecule has 0 saturated carbocycles. The minimum absolute atomic E-state index is 0.106. The van der Waals surface area contributed by atoms with Crippen LogP contribution >= 0.6 is 23.2 Å². The molecule has 1 aliphatic rings. The van der Waals surface area contributed by atoms with Crippen molar-refractivity contribution in [1.29, 1.82) is 0 Å². The number of carbonyl (C=O) groups is 1. The first-order valence-electron chi connectivity index (χ1n) is 11.6. The molecular formula is C25H25Cl2N3O6S2. The fourth-order valence-electron chi connectivity index (χ4n) is 3.98. The summed E-state index contributed by atoms with van der Waals surface area (Å²) in [5.74, 6) is -0.0103. The van der Waals surface area contributed by atoms with Gasteiger partial charge in [-0.3, -0.25) is 14.2 Å². The van der Waals surface area contributed by atoms with Crippen molar-refractivity contribution in [3.05, 3.63) is 76.3 Å². The molecule has 202 valence electrons. The number of carbonyl (C=O) groups excluding carboxylic acids is 1. The predicted molar refractivity (Wildman–Crippen MR) is 147 cm³/mol. The van der Waals surface area contributed by atoms with E-state index < -0.39 is 20.0 Å². The van der Waals surface area contributed by atoms with Gasteiger partial charge in [-0.05, 0) is 79.9 Å². The molecule has 0 radical (unpaired) electrons. The molecule has 3 aromatic rings. The molecular weight excluding hydrogens is 573 g/mol. The lowest BCUT2D eigenvalue weighted by atomic mass is 10.1. The van der Waals surface area contributed by atoms with Gasteiger partial charge >= 0.3 is 0 Å². The van der Waals surface area contributed by atoms with E-state index in [9.17, 15) is 21.6 Å². The SMILES string of the molecule is COc1ccc(S(=O)(=O)Nc2ccc(S(=O)(=O)Nc3ccc(Cl)cc3Cl)cc2)cc1C(=O)N1CCCCC1. The number of anilines is 2. The van der Waals surface area contributed by atoms with Crippen LogP contribution in [0.25, 0.3) is 0 Å². The van der Waals surface area contributed by atoms with Crippen LogP contribution < -0.4 is 14.2 Å². The quantitative estimate of drug-likeness (QED) is 0.366. The van der Waals surface area contributed by atoms with E-state index in [4.69, 9.17) is 27.9 Å². The van der Waals surface area contributed by atoms with Crippen molar-refractivity contribution >= 4 is 60.5 Å². The summed E-state index contributed by atoms with van der Waals surface area (Å²) in [6, 6.07) is 13.5. The maximum absolute atomic E-state index is 13.1. The maximum Gasteiger partial charge on any atom is 0.261 e. The first kappa shape index (κ1) is 28.0. The molecule has 4 rings (SSSR count). The zero-order chi connectivity index (χ0) is 27.5. The van der Waals surface area contributed by atoms with Crippen LogP contribution in [0, 0.1) is 0 Å². The number of piperidine rings is 1. The Kier molecular flexibility index (Phi) is 8.41. The van der Waals surface area contributed by atoms with Crippen molar-refractivity contribution in [2.75, 3.05) is 29.6 Å². The molecule has 0 spiro atoms. The molecule has 0 unspecified atom stereocenters. The molecule has 1 amide bonds. The summed E-state index contributed by atoms with van der Waals surface area (Å²) >= 11 is 11.9. The normalized spacial score (nSPS) is 14.1. The molecule has 0 aromatic heterocycles. The lowest BCUT2D eigenvalue weighted by Gasteiger charge is -2.27. The second kappa shape index (κ2) is 11.4. The Balaban J connectivity index is 1.53. The molecule has 2 N–H and O–H groups in total. The van der Waals surface area contributed by atoms with Crippen LogP contribution in [0.3, 0.4) is 0 Å². The van der Waals surface area contributed by atoms with E-state index >= 15 is 0 Å². The second-order valence-electron chi connectivity index (χ2n) is 8.57. The number of methoxy groups -OCH3 is 1. The van der Waals surface area contributed by atoms with Crippen LogP contribution in [0.5, 0.6) is 5.75 Å². The average Bonchev–Trinajstić information content (AvgIpc) is 2.90. The Hall–Kier alpha value is -2.99. The fourth-order valence-corrected chi connectivity index (χ4v) is 6.66. The molecule has 9 nitrogen and oxygen atoms in total. The Morgan fingerprint density at radius 3 is 2.08 bits per heavy atom. The molecule has 1 heterocycles. The number of halogens is 2. The first-order chi connectivity index (χ1) is 18.0. The monoisotopic (exact) mass is 597 g/mol. The number of sulfonamides is 2. The largest absolute Gasteiger partial charge is 0.496 e. The number of likely N-dealkylation sites (tertiary alicyclic amines) is 1. The van der Waals surface area contributed by atoms with E-state index in [-0.39, 0.29) is 43.4 Å². The maximum atomic E-state index is 13.1. The van der Waals surface area contributed by atoms with Gasteiger partial charge in [-0.15, -0.1) is 0 Å². The molecule has 13 heteroatoms. The highest BCUT2D eigenvalue weighted by Crippen LogP contribution is 2.29. The molecule has 0 aliphatic carbocycles. The number of nitrogens with one attached hydrogen (secondary N) is 2. The van der Waals surface area contributed by atoms with Gasteiger partial charge in [0.15, 0.2) is 0 Å². The predicted octanol–water partition coefficient (Wildman–Crippen LogP) is 5.23. The lowest BCUT2D eigenvalue weighted by molar-refractivity contribution is 0.0720. The first-order valence-corrected chi connectivity index (χ1v) is 15.3. The van der Waals surface area contributed by atoms with Crippen LogP contribution in [0.15, 0.2) is 70.5 Å². The van der Waals surface area contributed by atoms with Crippen molar-refractivity contribution in [2.45, 2.75) is 29.1 Å². The van der Waals surface area contributed by atoms with E-state index in [1.54, 1.807) is 4.90 Å². The minimum atomic E-state index is -4.10. The van der Waals surface area contributed by atoms with Gasteiger partial charge in [0.05, 0.1) is 33.2 Å². The Bertz CT molecular complexity index is 1560. The summed E-state index contributed by atoms with van der Waals surface area (Å²) < 4.78 is 61.8. The Morgan fingerprint density at radius 2 is 1.45 bits per heavy atom. The van der Waals surface area contributed by atoms with Gasteiger partial charge in [0.25, 0.3) is 26.0 Å². The van der Waals surface area contributed by atoms with E-state index in [1.165, 1.54) is 67.8 Å². The highest BCUT2D eigenvalue weighted by molar-refractivity contribution is 7.93. The van der Waals surface area contributed by atoms with Gasteiger partial charge in [-0.25, -0.2) is 16.8 Å². The van der Waals surface area contributed by atoms with Gasteiger partial charge in [0.2, 0.25) is 0 Å². The number of amides is 1. The third-order valence-corrected chi connectivity index (χ3v) is 9.26. The number of hydrogen-bond acceptors (Lipinski definition) is 6. The van der Waals surface area contributed by atoms with Crippen LogP contribution in [0.4, 0.5) is 11.4 Å². The molecule has 1 fully saturated rings. The smallest absolute Gasteiger partial charge is 0.261 e. The van der Waals surface area contributed by atoms with Crippen LogP contribution in [-0.4, -0.2) is 47.8 Å². The van der Waals surface area contributed by atoms with Crippen LogP contribution in [0.2, 0.25) is 10.0 Å². The topological polar surface area (TPSA) is 122 Å². The van der Waals surface area contributed by atoms with Crippen molar-refractivity contribution in [2.24, 2.45) is 0 Å². The lowest BCUT2D eigenvalue weighted by Crippen LogP contribution is -2.35. The van der Waals surface area contributed by atoms with E-state index in [1.807, 2.05) is 0 Å². The third kappa shape index (κ3) is 6.35.